The number of pyridine rings is 1. The molecule has 7 nitrogen and oxygen atoms in total. The predicted molar refractivity (Wildman–Crippen MR) is 107 cm³/mol. The van der Waals surface area contributed by atoms with Crippen LogP contribution >= 0.6 is 0 Å². The van der Waals surface area contributed by atoms with Crippen molar-refractivity contribution in [3.8, 4) is 11.1 Å². The first-order chi connectivity index (χ1) is 13.8. The van der Waals surface area contributed by atoms with Gasteiger partial charge in [0.05, 0.1) is 5.52 Å². The van der Waals surface area contributed by atoms with E-state index in [9.17, 15) is 8.78 Å². The van der Waals surface area contributed by atoms with Gasteiger partial charge in [-0.3, -0.25) is 0 Å². The highest BCUT2D eigenvalue weighted by Gasteiger charge is 2.45. The zero-order valence-electron chi connectivity index (χ0n) is 16.4. The molecule has 0 saturated heterocycles. The monoisotopic (exact) mass is 397 g/mol. The number of H-pyrrole nitrogens is 1. The number of nitrogens with zero attached hydrogens (tertiary/aromatic N) is 5. The molecule has 4 heterocycles. The number of fused-ring (bicyclic) bond motifs is 2. The van der Waals surface area contributed by atoms with Crippen molar-refractivity contribution in [2.75, 3.05) is 5.32 Å². The minimum Gasteiger partial charge on any atom is -0.351 e. The molecule has 0 aliphatic heterocycles. The summed E-state index contributed by atoms with van der Waals surface area (Å²) in [6.07, 6.45) is 5.01. The van der Waals surface area contributed by atoms with E-state index in [2.05, 4.69) is 54.7 Å². The van der Waals surface area contributed by atoms with Gasteiger partial charge in [0.25, 0.3) is 5.92 Å². The second kappa shape index (κ2) is 6.20. The van der Waals surface area contributed by atoms with Gasteiger partial charge < -0.3 is 14.9 Å². The van der Waals surface area contributed by atoms with Crippen molar-refractivity contribution < 1.29 is 8.78 Å². The number of halogens is 2. The van der Waals surface area contributed by atoms with Crippen LogP contribution in [0.25, 0.3) is 33.3 Å². The normalized spacial score (nSPS) is 16.6. The summed E-state index contributed by atoms with van der Waals surface area (Å²) in [5, 5.41) is 3.83. The fraction of sp³-hybridized carbons (Fsp3) is 0.400. The summed E-state index contributed by atoms with van der Waals surface area (Å²) < 4.78 is 28.2. The molecule has 5 rings (SSSR count). The van der Waals surface area contributed by atoms with Crippen LogP contribution in [0, 0.1) is 6.92 Å². The maximum atomic E-state index is 13.0. The van der Waals surface area contributed by atoms with E-state index in [1.54, 1.807) is 12.4 Å². The molecule has 2 N–H and O–H groups in total. The number of rotatable bonds is 4. The number of aromatic nitrogens is 6. The van der Waals surface area contributed by atoms with Crippen LogP contribution < -0.4 is 5.32 Å². The molecule has 1 fully saturated rings. The lowest BCUT2D eigenvalue weighted by atomic mass is 9.88. The van der Waals surface area contributed by atoms with Gasteiger partial charge in [-0.1, -0.05) is 0 Å². The first-order valence-corrected chi connectivity index (χ1v) is 9.64. The van der Waals surface area contributed by atoms with E-state index in [0.29, 0.717) is 11.6 Å². The van der Waals surface area contributed by atoms with E-state index in [4.69, 9.17) is 0 Å². The Kier molecular flexibility index (Phi) is 3.84. The SMILES string of the molecule is Cc1nc2ncc(-c3c[nH]c4nc(NC5CC(F)(F)C5)ncc34)cc2n1C(C)C. The van der Waals surface area contributed by atoms with Gasteiger partial charge in [-0.15, -0.1) is 0 Å². The maximum Gasteiger partial charge on any atom is 0.252 e. The smallest absolute Gasteiger partial charge is 0.252 e. The molecule has 0 aromatic carbocycles. The minimum absolute atomic E-state index is 0.182. The second-order valence-electron chi connectivity index (χ2n) is 7.95. The fourth-order valence-electron chi connectivity index (χ4n) is 4.05. The Morgan fingerprint density at radius 2 is 2.00 bits per heavy atom. The minimum atomic E-state index is -2.58. The molecular formula is C20H21F2N7. The molecule has 4 aromatic heterocycles. The number of imidazole rings is 1. The Labute approximate surface area is 165 Å². The number of alkyl halides is 2. The maximum absolute atomic E-state index is 13.0. The second-order valence-corrected chi connectivity index (χ2v) is 7.95. The number of anilines is 1. The lowest BCUT2D eigenvalue weighted by Crippen LogP contribution is -2.44. The molecule has 1 aliphatic rings. The molecule has 0 radical (unpaired) electrons. The third kappa shape index (κ3) is 3.01. The lowest BCUT2D eigenvalue weighted by molar-refractivity contribution is -0.0794. The van der Waals surface area contributed by atoms with E-state index in [1.165, 1.54) is 0 Å². The zero-order valence-corrected chi connectivity index (χ0v) is 16.4. The third-order valence-corrected chi connectivity index (χ3v) is 5.41. The van der Waals surface area contributed by atoms with Crippen molar-refractivity contribution in [2.45, 2.75) is 51.6 Å². The predicted octanol–water partition coefficient (Wildman–Crippen LogP) is 4.47. The van der Waals surface area contributed by atoms with Crippen LogP contribution in [0.15, 0.2) is 24.7 Å². The van der Waals surface area contributed by atoms with Gasteiger partial charge in [-0.05, 0) is 26.8 Å². The summed E-state index contributed by atoms with van der Waals surface area (Å²) in [5.74, 6) is -1.29. The summed E-state index contributed by atoms with van der Waals surface area (Å²) in [6, 6.07) is 2.06. The first-order valence-electron chi connectivity index (χ1n) is 9.64. The van der Waals surface area contributed by atoms with Crippen molar-refractivity contribution >= 4 is 28.1 Å². The van der Waals surface area contributed by atoms with Crippen molar-refractivity contribution in [1.29, 1.82) is 0 Å². The van der Waals surface area contributed by atoms with Gasteiger partial charge in [-0.2, -0.15) is 4.98 Å². The largest absolute Gasteiger partial charge is 0.351 e. The van der Waals surface area contributed by atoms with Crippen LogP contribution in [0.1, 0.15) is 38.6 Å². The number of aryl methyl sites for hydroxylation is 1. The van der Waals surface area contributed by atoms with Gasteiger partial charge in [0, 0.05) is 60.0 Å². The van der Waals surface area contributed by atoms with E-state index in [1.807, 2.05) is 13.1 Å². The Bertz CT molecular complexity index is 1220. The summed E-state index contributed by atoms with van der Waals surface area (Å²) in [7, 11) is 0. The molecule has 9 heteroatoms. The Morgan fingerprint density at radius 3 is 2.72 bits per heavy atom. The molecule has 150 valence electrons. The molecule has 29 heavy (non-hydrogen) atoms. The summed E-state index contributed by atoms with van der Waals surface area (Å²) in [6.45, 7) is 6.22. The highest BCUT2D eigenvalue weighted by molar-refractivity contribution is 5.95. The molecule has 0 amide bonds. The summed E-state index contributed by atoms with van der Waals surface area (Å²) >= 11 is 0. The van der Waals surface area contributed by atoms with E-state index < -0.39 is 5.92 Å². The topological polar surface area (TPSA) is 84.3 Å². The van der Waals surface area contributed by atoms with E-state index in [-0.39, 0.29) is 24.9 Å². The number of aromatic amines is 1. The van der Waals surface area contributed by atoms with Gasteiger partial charge in [-0.25, -0.2) is 23.7 Å². The Morgan fingerprint density at radius 1 is 1.21 bits per heavy atom. The first kappa shape index (κ1) is 18.0. The van der Waals surface area contributed by atoms with E-state index >= 15 is 0 Å². The van der Waals surface area contributed by atoms with Crippen LogP contribution in [-0.4, -0.2) is 41.5 Å². The number of hydrogen-bond donors (Lipinski definition) is 2. The van der Waals surface area contributed by atoms with Gasteiger partial charge in [0.2, 0.25) is 5.95 Å². The van der Waals surface area contributed by atoms with Crippen molar-refractivity contribution in [3.05, 3.63) is 30.5 Å². The molecule has 1 aliphatic carbocycles. The number of hydrogen-bond acceptors (Lipinski definition) is 5. The van der Waals surface area contributed by atoms with Crippen molar-refractivity contribution in [3.63, 3.8) is 0 Å². The van der Waals surface area contributed by atoms with Crippen molar-refractivity contribution in [2.24, 2.45) is 0 Å². The molecule has 0 unspecified atom stereocenters. The van der Waals surface area contributed by atoms with E-state index in [0.717, 1.165) is 33.5 Å². The molecule has 0 spiro atoms. The highest BCUT2D eigenvalue weighted by Crippen LogP contribution is 2.39. The lowest BCUT2D eigenvalue weighted by Gasteiger charge is -2.35. The average molecular weight is 397 g/mol. The molecular weight excluding hydrogens is 376 g/mol. The van der Waals surface area contributed by atoms with Gasteiger partial charge in [0.15, 0.2) is 5.65 Å². The molecule has 0 atom stereocenters. The van der Waals surface area contributed by atoms with Crippen LogP contribution in [0.3, 0.4) is 0 Å². The van der Waals surface area contributed by atoms with Crippen LogP contribution in [0.4, 0.5) is 14.7 Å². The molecule has 4 aromatic rings. The Hall–Kier alpha value is -3.10. The molecule has 0 bridgehead atoms. The number of nitrogens with one attached hydrogen (secondary N) is 2. The third-order valence-electron chi connectivity index (χ3n) is 5.41. The molecule has 1 saturated carbocycles. The Balaban J connectivity index is 1.50. The zero-order chi connectivity index (χ0) is 20.3. The summed E-state index contributed by atoms with van der Waals surface area (Å²) in [4.78, 5) is 21.0. The average Bonchev–Trinajstić information content (AvgIpc) is 3.19. The van der Waals surface area contributed by atoms with Crippen LogP contribution in [0.5, 0.6) is 0 Å². The highest BCUT2D eigenvalue weighted by atomic mass is 19.3. The fourth-order valence-corrected chi connectivity index (χ4v) is 4.05. The van der Waals surface area contributed by atoms with Crippen LogP contribution in [0.2, 0.25) is 0 Å². The standard InChI is InChI=1S/C20H21F2N7/c1-10(2)29-11(3)26-18-16(29)4-12(7-23-18)14-8-24-17-15(14)9-25-19(28-17)27-13-5-20(21,22)6-13/h4,7-10,13H,5-6H2,1-3H3,(H2,24,25,27,28). The quantitative estimate of drug-likeness (QED) is 0.531. The van der Waals surface area contributed by atoms with Crippen LogP contribution in [-0.2, 0) is 0 Å². The van der Waals surface area contributed by atoms with Gasteiger partial charge >= 0.3 is 0 Å². The van der Waals surface area contributed by atoms with Crippen molar-refractivity contribution in [1.82, 2.24) is 29.5 Å². The summed E-state index contributed by atoms with van der Waals surface area (Å²) in [5.41, 5.74) is 4.23. The van der Waals surface area contributed by atoms with Gasteiger partial charge in [0.1, 0.15) is 11.5 Å².